The van der Waals surface area contributed by atoms with Gasteiger partial charge in [-0.05, 0) is 31.2 Å². The van der Waals surface area contributed by atoms with Crippen molar-refractivity contribution in [3.63, 3.8) is 0 Å². The van der Waals surface area contributed by atoms with Crippen LogP contribution < -0.4 is 0 Å². The number of H-pyrrole nitrogens is 1. The van der Waals surface area contributed by atoms with E-state index in [0.29, 0.717) is 5.82 Å². The largest absolute Gasteiger partial charge is 0.385 e. The minimum Gasteiger partial charge on any atom is -0.385 e. The molecule has 0 radical (unpaired) electrons. The molecular weight excluding hydrogens is 340 g/mol. The summed E-state index contributed by atoms with van der Waals surface area (Å²) in [4.78, 5) is 9.08. The maximum atomic E-state index is 9.91. The maximum absolute atomic E-state index is 9.91. The van der Waals surface area contributed by atoms with E-state index in [1.165, 1.54) is 0 Å². The molecule has 0 aliphatic rings. The molecule has 4 aromatic rings. The second kappa shape index (κ2) is 6.06. The van der Waals surface area contributed by atoms with E-state index in [0.717, 1.165) is 33.9 Å². The van der Waals surface area contributed by atoms with E-state index < -0.39 is 6.10 Å². The van der Waals surface area contributed by atoms with E-state index in [1.54, 1.807) is 13.1 Å². The highest BCUT2D eigenvalue weighted by Crippen LogP contribution is 2.27. The summed E-state index contributed by atoms with van der Waals surface area (Å²) in [6.07, 6.45) is 3.07. The average Bonchev–Trinajstić information content (AvgIpc) is 3.31. The molecule has 3 heterocycles. The number of nitrogens with zero attached hydrogens (tertiary/aromatic N) is 5. The van der Waals surface area contributed by atoms with Gasteiger partial charge in [-0.25, -0.2) is 9.97 Å². The van der Waals surface area contributed by atoms with Gasteiger partial charge in [0, 0.05) is 36.2 Å². The highest BCUT2D eigenvalue weighted by atomic mass is 16.3. The number of nitrogens with one attached hydrogen (secondary N) is 1. The first-order chi connectivity index (χ1) is 12.8. The van der Waals surface area contributed by atoms with Crippen molar-refractivity contribution in [1.82, 2.24) is 29.3 Å². The molecule has 2 N–H and O–H groups in total. The summed E-state index contributed by atoms with van der Waals surface area (Å²) in [5, 5.41) is 17.5. The molecule has 1 atom stereocenters. The normalized spacial score (nSPS) is 13.4. The van der Waals surface area contributed by atoms with Gasteiger partial charge in [0.25, 0.3) is 0 Å². The lowest BCUT2D eigenvalue weighted by atomic mass is 9.92. The van der Waals surface area contributed by atoms with Gasteiger partial charge < -0.3 is 9.67 Å². The van der Waals surface area contributed by atoms with E-state index in [-0.39, 0.29) is 5.41 Å². The molecule has 0 saturated heterocycles. The molecule has 27 heavy (non-hydrogen) atoms. The number of hydrogen-bond donors (Lipinski definition) is 2. The summed E-state index contributed by atoms with van der Waals surface area (Å²) >= 11 is 0. The van der Waals surface area contributed by atoms with Crippen molar-refractivity contribution in [1.29, 1.82) is 0 Å². The van der Waals surface area contributed by atoms with Crippen LogP contribution in [0.5, 0.6) is 0 Å². The van der Waals surface area contributed by atoms with Gasteiger partial charge in [0.15, 0.2) is 5.82 Å². The van der Waals surface area contributed by atoms with Crippen molar-refractivity contribution < 1.29 is 5.11 Å². The van der Waals surface area contributed by atoms with Gasteiger partial charge in [0.2, 0.25) is 0 Å². The predicted molar refractivity (Wildman–Crippen MR) is 105 cm³/mol. The van der Waals surface area contributed by atoms with E-state index >= 15 is 0 Å². The van der Waals surface area contributed by atoms with Crippen molar-refractivity contribution in [3.8, 4) is 17.2 Å². The standard InChI is InChI=1S/C20H24N6O/c1-12(27)18-22-14-10-13(6-7-16(14)25(18)5)26-9-8-21-19(26)15-11-17(24-23-15)20(2,3)4/h6-12,27H,1-5H3,(H,23,24). The Kier molecular flexibility index (Phi) is 3.92. The van der Waals surface area contributed by atoms with Crippen LogP contribution in [-0.4, -0.2) is 34.4 Å². The Hall–Kier alpha value is -2.93. The molecule has 0 amide bonds. The second-order valence-corrected chi connectivity index (χ2v) is 7.92. The maximum Gasteiger partial charge on any atom is 0.165 e. The first-order valence-electron chi connectivity index (χ1n) is 9.00. The third-order valence-electron chi connectivity index (χ3n) is 4.81. The van der Waals surface area contributed by atoms with Crippen LogP contribution in [0, 0.1) is 0 Å². The average molecular weight is 364 g/mol. The summed E-state index contributed by atoms with van der Waals surface area (Å²) in [6.45, 7) is 8.16. The minimum atomic E-state index is -0.616. The molecule has 1 aromatic carbocycles. The van der Waals surface area contributed by atoms with Gasteiger partial charge in [0.1, 0.15) is 17.6 Å². The lowest BCUT2D eigenvalue weighted by Crippen LogP contribution is -2.11. The topological polar surface area (TPSA) is 84.6 Å². The summed E-state index contributed by atoms with van der Waals surface area (Å²) < 4.78 is 3.92. The van der Waals surface area contributed by atoms with E-state index in [4.69, 9.17) is 0 Å². The van der Waals surface area contributed by atoms with Gasteiger partial charge in [-0.15, -0.1) is 0 Å². The number of fused-ring (bicyclic) bond motifs is 1. The summed E-state index contributed by atoms with van der Waals surface area (Å²) in [6, 6.07) is 8.09. The monoisotopic (exact) mass is 364 g/mol. The number of aliphatic hydroxyl groups is 1. The Bertz CT molecular complexity index is 1110. The lowest BCUT2D eigenvalue weighted by Gasteiger charge is -2.14. The SMILES string of the molecule is CC(O)c1nc2cc(-n3ccnc3-c3cc(C(C)(C)C)[nH]n3)ccc2n1C. The Morgan fingerprint density at radius 3 is 2.63 bits per heavy atom. The number of benzene rings is 1. The molecule has 0 aliphatic carbocycles. The fourth-order valence-corrected chi connectivity index (χ4v) is 3.25. The van der Waals surface area contributed by atoms with Gasteiger partial charge in [-0.3, -0.25) is 9.67 Å². The number of imidazole rings is 2. The fraction of sp³-hybridized carbons (Fsp3) is 0.350. The zero-order chi connectivity index (χ0) is 19.3. The van der Waals surface area contributed by atoms with Crippen molar-refractivity contribution in [3.05, 3.63) is 48.2 Å². The molecular formula is C20H24N6O. The molecule has 0 spiro atoms. The van der Waals surface area contributed by atoms with Gasteiger partial charge in [-0.1, -0.05) is 20.8 Å². The van der Waals surface area contributed by atoms with E-state index in [1.807, 2.05) is 46.6 Å². The van der Waals surface area contributed by atoms with Crippen LogP contribution in [0.25, 0.3) is 28.2 Å². The van der Waals surface area contributed by atoms with Gasteiger partial charge in [0.05, 0.1) is 11.0 Å². The molecule has 140 valence electrons. The summed E-state index contributed by atoms with van der Waals surface area (Å²) in [7, 11) is 1.91. The van der Waals surface area contributed by atoms with Crippen LogP contribution in [-0.2, 0) is 12.5 Å². The molecule has 0 fully saturated rings. The smallest absolute Gasteiger partial charge is 0.165 e. The Labute approximate surface area is 157 Å². The number of aliphatic hydroxyl groups excluding tert-OH is 1. The van der Waals surface area contributed by atoms with Crippen LogP contribution in [0.4, 0.5) is 0 Å². The molecule has 0 aliphatic heterocycles. The van der Waals surface area contributed by atoms with Gasteiger partial charge in [-0.2, -0.15) is 5.10 Å². The third-order valence-corrected chi connectivity index (χ3v) is 4.81. The number of rotatable bonds is 3. The van der Waals surface area contributed by atoms with Crippen molar-refractivity contribution in [2.45, 2.75) is 39.2 Å². The lowest BCUT2D eigenvalue weighted by molar-refractivity contribution is 0.186. The van der Waals surface area contributed by atoms with E-state index in [2.05, 4.69) is 40.9 Å². The Morgan fingerprint density at radius 2 is 1.96 bits per heavy atom. The van der Waals surface area contributed by atoms with Crippen LogP contribution in [0.2, 0.25) is 0 Å². The number of aromatic nitrogens is 6. The molecule has 0 bridgehead atoms. The van der Waals surface area contributed by atoms with Crippen LogP contribution in [0.1, 0.15) is 45.3 Å². The van der Waals surface area contributed by atoms with Crippen LogP contribution in [0.3, 0.4) is 0 Å². The van der Waals surface area contributed by atoms with Crippen LogP contribution in [0.15, 0.2) is 36.7 Å². The predicted octanol–water partition coefficient (Wildman–Crippen LogP) is 3.50. The number of hydrogen-bond acceptors (Lipinski definition) is 4. The zero-order valence-electron chi connectivity index (χ0n) is 16.2. The zero-order valence-corrected chi connectivity index (χ0v) is 16.2. The molecule has 7 heteroatoms. The van der Waals surface area contributed by atoms with Crippen molar-refractivity contribution >= 4 is 11.0 Å². The number of aryl methyl sites for hydroxylation is 1. The molecule has 4 rings (SSSR count). The summed E-state index contributed by atoms with van der Waals surface area (Å²) in [5.41, 5.74) is 4.62. The second-order valence-electron chi connectivity index (χ2n) is 7.92. The van der Waals surface area contributed by atoms with E-state index in [9.17, 15) is 5.11 Å². The quantitative estimate of drug-likeness (QED) is 0.583. The highest BCUT2D eigenvalue weighted by molar-refractivity contribution is 5.79. The Balaban J connectivity index is 1.79. The molecule has 3 aromatic heterocycles. The first-order valence-corrected chi connectivity index (χ1v) is 9.00. The highest BCUT2D eigenvalue weighted by Gasteiger charge is 2.20. The van der Waals surface area contributed by atoms with Crippen molar-refractivity contribution in [2.75, 3.05) is 0 Å². The molecule has 1 unspecified atom stereocenters. The molecule has 7 nitrogen and oxygen atoms in total. The molecule has 0 saturated carbocycles. The first kappa shape index (κ1) is 17.5. The van der Waals surface area contributed by atoms with Gasteiger partial charge >= 0.3 is 0 Å². The van der Waals surface area contributed by atoms with Crippen molar-refractivity contribution in [2.24, 2.45) is 7.05 Å². The minimum absolute atomic E-state index is 0.00701. The third kappa shape index (κ3) is 2.94. The summed E-state index contributed by atoms with van der Waals surface area (Å²) in [5.74, 6) is 1.42. The number of aromatic amines is 1. The fourth-order valence-electron chi connectivity index (χ4n) is 3.25. The Morgan fingerprint density at radius 1 is 1.19 bits per heavy atom. The van der Waals surface area contributed by atoms with Crippen LogP contribution >= 0.6 is 0 Å².